The van der Waals surface area contributed by atoms with Crippen molar-refractivity contribution >= 4 is 11.6 Å². The van der Waals surface area contributed by atoms with E-state index >= 15 is 0 Å². The Morgan fingerprint density at radius 3 is 2.60 bits per heavy atom. The third-order valence-corrected chi connectivity index (χ3v) is 4.40. The first kappa shape index (κ1) is 17.2. The van der Waals surface area contributed by atoms with Gasteiger partial charge in [-0.25, -0.2) is 0 Å². The summed E-state index contributed by atoms with van der Waals surface area (Å²) in [5, 5.41) is 11.9. The first-order chi connectivity index (χ1) is 12.2. The lowest BCUT2D eigenvalue weighted by Gasteiger charge is -2.34. The average molecular weight is 338 g/mol. The van der Waals surface area contributed by atoms with Crippen molar-refractivity contribution in [2.75, 3.05) is 38.0 Å². The Morgan fingerprint density at radius 1 is 1.12 bits per heavy atom. The Hall–Kier alpha value is -2.62. The molecule has 0 saturated carbocycles. The highest BCUT2D eigenvalue weighted by Gasteiger charge is 2.18. The second-order valence-corrected chi connectivity index (χ2v) is 6.15. The Balaban J connectivity index is 1.39. The number of nitrogens with zero attached hydrogens (tertiary/aromatic N) is 3. The molecule has 1 aromatic carbocycles. The zero-order valence-corrected chi connectivity index (χ0v) is 14.1. The number of carbonyl (C=O) groups excluding carboxylic acids is 1. The summed E-state index contributed by atoms with van der Waals surface area (Å²) >= 11 is 0. The van der Waals surface area contributed by atoms with Crippen molar-refractivity contribution in [2.24, 2.45) is 0 Å². The molecule has 1 saturated heterocycles. The molecule has 0 spiro atoms. The van der Waals surface area contributed by atoms with E-state index in [1.54, 1.807) is 24.5 Å². The number of hydrogen-bond donors (Lipinski definition) is 1. The molecule has 1 aliphatic heterocycles. The van der Waals surface area contributed by atoms with Crippen LogP contribution >= 0.6 is 0 Å². The van der Waals surface area contributed by atoms with E-state index in [4.69, 9.17) is 9.68 Å². The van der Waals surface area contributed by atoms with Crippen LogP contribution in [0.1, 0.15) is 17.7 Å². The normalized spacial score (nSPS) is 15.6. The fourth-order valence-electron chi connectivity index (χ4n) is 2.96. The summed E-state index contributed by atoms with van der Waals surface area (Å²) in [6, 6.07) is 13.1. The number of nitrogens with one attached hydrogen (secondary N) is 1. The topological polar surface area (TPSA) is 72.5 Å². The molecule has 1 aromatic heterocycles. The van der Waals surface area contributed by atoms with Gasteiger partial charge in [0.1, 0.15) is 11.8 Å². The molecule has 6 nitrogen and oxygen atoms in total. The van der Waals surface area contributed by atoms with Gasteiger partial charge in [-0.15, -0.1) is 0 Å². The molecule has 0 bridgehead atoms. The van der Waals surface area contributed by atoms with E-state index in [1.165, 1.54) is 0 Å². The van der Waals surface area contributed by atoms with Crippen LogP contribution < -0.4 is 5.32 Å². The molecule has 130 valence electrons. The van der Waals surface area contributed by atoms with Gasteiger partial charge >= 0.3 is 0 Å². The fraction of sp³-hybridized carbons (Fsp3) is 0.368. The highest BCUT2D eigenvalue weighted by Crippen LogP contribution is 2.14. The molecule has 0 radical (unpaired) electrons. The van der Waals surface area contributed by atoms with E-state index in [9.17, 15) is 4.79 Å². The number of nitriles is 1. The Morgan fingerprint density at radius 2 is 1.88 bits per heavy atom. The lowest BCUT2D eigenvalue weighted by Crippen LogP contribution is -2.46. The van der Waals surface area contributed by atoms with Gasteiger partial charge < -0.3 is 14.6 Å². The number of benzene rings is 1. The van der Waals surface area contributed by atoms with Gasteiger partial charge in [-0.05, 0) is 24.3 Å². The van der Waals surface area contributed by atoms with Crippen LogP contribution in [0.25, 0.3) is 0 Å². The van der Waals surface area contributed by atoms with Crippen LogP contribution in [0.4, 0.5) is 5.69 Å². The van der Waals surface area contributed by atoms with Crippen LogP contribution in [0.15, 0.2) is 47.1 Å². The van der Waals surface area contributed by atoms with Crippen LogP contribution in [0.3, 0.4) is 0 Å². The molecule has 1 amide bonds. The molecule has 0 unspecified atom stereocenters. The number of anilines is 1. The molecule has 1 aliphatic rings. The molecule has 2 heterocycles. The zero-order chi connectivity index (χ0) is 17.5. The summed E-state index contributed by atoms with van der Waals surface area (Å²) in [7, 11) is 0. The van der Waals surface area contributed by atoms with Gasteiger partial charge in [-0.3, -0.25) is 9.69 Å². The second kappa shape index (κ2) is 8.47. The largest absolute Gasteiger partial charge is 0.468 e. The summed E-state index contributed by atoms with van der Waals surface area (Å²) in [6.07, 6.45) is 2.13. The monoisotopic (exact) mass is 338 g/mol. The minimum atomic E-state index is -0.0549. The summed E-state index contributed by atoms with van der Waals surface area (Å²) in [5.41, 5.74) is 1.07. The van der Waals surface area contributed by atoms with Crippen molar-refractivity contribution in [3.8, 4) is 6.07 Å². The summed E-state index contributed by atoms with van der Waals surface area (Å²) in [6.45, 7) is 5.41. The molecule has 1 N–H and O–H groups in total. The highest BCUT2D eigenvalue weighted by molar-refractivity contribution is 5.92. The standard InChI is InChI=1S/C19H22N4O2/c20-14-16-4-1-2-6-18(16)21-19(24)7-8-22-9-11-23(12-10-22)15-17-5-3-13-25-17/h1-6,13H,7-12,15H2,(H,21,24). The van der Waals surface area contributed by atoms with Gasteiger partial charge in [-0.1, -0.05) is 12.1 Å². The smallest absolute Gasteiger partial charge is 0.225 e. The summed E-state index contributed by atoms with van der Waals surface area (Å²) < 4.78 is 5.39. The van der Waals surface area contributed by atoms with Crippen molar-refractivity contribution in [2.45, 2.75) is 13.0 Å². The highest BCUT2D eigenvalue weighted by atomic mass is 16.3. The van der Waals surface area contributed by atoms with Crippen LogP contribution in [-0.4, -0.2) is 48.4 Å². The van der Waals surface area contributed by atoms with Crippen molar-refractivity contribution in [3.63, 3.8) is 0 Å². The van der Waals surface area contributed by atoms with Crippen LogP contribution in [0.5, 0.6) is 0 Å². The average Bonchev–Trinajstić information content (AvgIpc) is 3.15. The number of rotatable bonds is 6. The minimum absolute atomic E-state index is 0.0549. The molecule has 1 fully saturated rings. The quantitative estimate of drug-likeness (QED) is 0.875. The van der Waals surface area contributed by atoms with Crippen molar-refractivity contribution in [1.82, 2.24) is 9.80 Å². The van der Waals surface area contributed by atoms with Gasteiger partial charge in [0.25, 0.3) is 0 Å². The van der Waals surface area contributed by atoms with Crippen LogP contribution in [0, 0.1) is 11.3 Å². The molecule has 2 aromatic rings. The molecular weight excluding hydrogens is 316 g/mol. The predicted octanol–water partition coefficient (Wildman–Crippen LogP) is 2.30. The molecule has 0 atom stereocenters. The third kappa shape index (κ3) is 4.92. The number of piperazine rings is 1. The Kier molecular flexibility index (Phi) is 5.83. The Labute approximate surface area is 147 Å². The number of para-hydroxylation sites is 1. The lowest BCUT2D eigenvalue weighted by molar-refractivity contribution is -0.116. The minimum Gasteiger partial charge on any atom is -0.468 e. The van der Waals surface area contributed by atoms with E-state index in [1.807, 2.05) is 18.2 Å². The van der Waals surface area contributed by atoms with Gasteiger partial charge in [0.2, 0.25) is 5.91 Å². The summed E-state index contributed by atoms with van der Waals surface area (Å²) in [5.74, 6) is 0.935. The second-order valence-electron chi connectivity index (χ2n) is 6.15. The van der Waals surface area contributed by atoms with E-state index in [0.29, 0.717) is 17.7 Å². The Bertz CT molecular complexity index is 728. The van der Waals surface area contributed by atoms with Gasteiger partial charge in [0.05, 0.1) is 24.1 Å². The predicted molar refractivity (Wildman–Crippen MR) is 94.8 cm³/mol. The number of amides is 1. The maximum atomic E-state index is 12.1. The van der Waals surface area contributed by atoms with Gasteiger partial charge in [0, 0.05) is 39.1 Å². The molecule has 6 heteroatoms. The van der Waals surface area contributed by atoms with Gasteiger partial charge in [-0.2, -0.15) is 5.26 Å². The van der Waals surface area contributed by atoms with Crippen LogP contribution in [-0.2, 0) is 11.3 Å². The summed E-state index contributed by atoms with van der Waals surface area (Å²) in [4.78, 5) is 16.8. The molecular formula is C19H22N4O2. The van der Waals surface area contributed by atoms with Crippen molar-refractivity contribution < 1.29 is 9.21 Å². The van der Waals surface area contributed by atoms with E-state index in [-0.39, 0.29) is 5.91 Å². The lowest BCUT2D eigenvalue weighted by atomic mass is 10.2. The molecule has 0 aliphatic carbocycles. The number of carbonyl (C=O) groups is 1. The fourth-order valence-corrected chi connectivity index (χ4v) is 2.96. The third-order valence-electron chi connectivity index (χ3n) is 4.40. The van der Waals surface area contributed by atoms with E-state index in [0.717, 1.165) is 45.0 Å². The number of hydrogen-bond acceptors (Lipinski definition) is 5. The first-order valence-corrected chi connectivity index (χ1v) is 8.50. The van der Waals surface area contributed by atoms with E-state index in [2.05, 4.69) is 21.2 Å². The van der Waals surface area contributed by atoms with E-state index < -0.39 is 0 Å². The maximum Gasteiger partial charge on any atom is 0.225 e. The van der Waals surface area contributed by atoms with Crippen molar-refractivity contribution in [1.29, 1.82) is 5.26 Å². The van der Waals surface area contributed by atoms with Crippen LogP contribution in [0.2, 0.25) is 0 Å². The molecule has 25 heavy (non-hydrogen) atoms. The van der Waals surface area contributed by atoms with Gasteiger partial charge in [0.15, 0.2) is 0 Å². The maximum absolute atomic E-state index is 12.1. The van der Waals surface area contributed by atoms with Crippen molar-refractivity contribution in [3.05, 3.63) is 54.0 Å². The zero-order valence-electron chi connectivity index (χ0n) is 14.1. The first-order valence-electron chi connectivity index (χ1n) is 8.50. The molecule has 3 rings (SSSR count). The SMILES string of the molecule is N#Cc1ccccc1NC(=O)CCN1CCN(Cc2ccco2)CC1. The number of furan rings is 1.